The number of benzene rings is 1. The van der Waals surface area contributed by atoms with Gasteiger partial charge < -0.3 is 19.5 Å². The van der Waals surface area contributed by atoms with Crippen molar-refractivity contribution in [2.45, 2.75) is 49.5 Å². The van der Waals surface area contributed by atoms with Gasteiger partial charge in [-0.3, -0.25) is 10.1 Å². The second kappa shape index (κ2) is 12.8. The van der Waals surface area contributed by atoms with Gasteiger partial charge in [-0.2, -0.15) is 0 Å². The number of aliphatic carboxylic acids is 1. The highest BCUT2D eigenvalue weighted by Gasteiger charge is 2.28. The molecule has 2 aromatic rings. The lowest BCUT2D eigenvalue weighted by Crippen LogP contribution is -2.46. The van der Waals surface area contributed by atoms with Crippen molar-refractivity contribution in [2.24, 2.45) is 5.92 Å². The molecule has 1 fully saturated rings. The van der Waals surface area contributed by atoms with Crippen LogP contribution in [0, 0.1) is 5.92 Å². The number of hydrogen-bond acceptors (Lipinski definition) is 7. The van der Waals surface area contributed by atoms with E-state index in [1.54, 1.807) is 13.3 Å². The minimum Gasteiger partial charge on any atom is -0.496 e. The van der Waals surface area contributed by atoms with Gasteiger partial charge in [0.05, 0.1) is 36.5 Å². The lowest BCUT2D eigenvalue weighted by atomic mass is 9.86. The lowest BCUT2D eigenvalue weighted by molar-refractivity contribution is -0.133. The SMILES string of the molecule is COc1ccccc1COCCN(C(=O)Nc1ncc(SCC(=O)O)s1)[C@H]1CC[C@H](C)CC1. The van der Waals surface area contributed by atoms with Gasteiger partial charge in [0.25, 0.3) is 0 Å². The summed E-state index contributed by atoms with van der Waals surface area (Å²) in [6.07, 6.45) is 5.74. The third-order valence-electron chi connectivity index (χ3n) is 5.65. The molecule has 1 saturated carbocycles. The van der Waals surface area contributed by atoms with Crippen molar-refractivity contribution < 1.29 is 24.2 Å². The van der Waals surface area contributed by atoms with Crippen molar-refractivity contribution in [3.8, 4) is 5.75 Å². The van der Waals surface area contributed by atoms with E-state index in [-0.39, 0.29) is 17.8 Å². The number of urea groups is 1. The van der Waals surface area contributed by atoms with Gasteiger partial charge in [0.15, 0.2) is 5.13 Å². The highest BCUT2D eigenvalue weighted by molar-refractivity contribution is 8.01. The van der Waals surface area contributed by atoms with Gasteiger partial charge in [-0.25, -0.2) is 9.78 Å². The molecule has 3 rings (SSSR count). The van der Waals surface area contributed by atoms with Crippen LogP contribution in [0.2, 0.25) is 0 Å². The zero-order valence-electron chi connectivity index (χ0n) is 19.0. The molecule has 0 atom stereocenters. The zero-order chi connectivity index (χ0) is 23.6. The van der Waals surface area contributed by atoms with Crippen LogP contribution < -0.4 is 10.1 Å². The molecule has 0 radical (unpaired) electrons. The van der Waals surface area contributed by atoms with E-state index >= 15 is 0 Å². The van der Waals surface area contributed by atoms with Gasteiger partial charge in [0, 0.05) is 18.2 Å². The highest BCUT2D eigenvalue weighted by Crippen LogP contribution is 2.30. The molecule has 0 unspecified atom stereocenters. The van der Waals surface area contributed by atoms with Gasteiger partial charge in [-0.1, -0.05) is 36.5 Å². The molecular weight excluding hydrogens is 462 g/mol. The Morgan fingerprint density at radius 2 is 2.03 bits per heavy atom. The first kappa shape index (κ1) is 25.3. The quantitative estimate of drug-likeness (QED) is 0.337. The minimum absolute atomic E-state index is 0.0362. The normalized spacial score (nSPS) is 18.0. The van der Waals surface area contributed by atoms with Gasteiger partial charge in [0.2, 0.25) is 0 Å². The van der Waals surface area contributed by atoms with Crippen molar-refractivity contribution in [3.05, 3.63) is 36.0 Å². The molecule has 1 aromatic carbocycles. The Labute approximate surface area is 202 Å². The van der Waals surface area contributed by atoms with Crippen molar-refractivity contribution in [1.82, 2.24) is 9.88 Å². The van der Waals surface area contributed by atoms with Crippen LogP contribution in [0.4, 0.5) is 9.93 Å². The summed E-state index contributed by atoms with van der Waals surface area (Å²) in [7, 11) is 1.64. The van der Waals surface area contributed by atoms with Crippen molar-refractivity contribution in [1.29, 1.82) is 0 Å². The van der Waals surface area contributed by atoms with E-state index in [9.17, 15) is 9.59 Å². The number of ether oxygens (including phenoxy) is 2. The molecule has 180 valence electrons. The second-order valence-corrected chi connectivity index (χ2v) is 10.4. The van der Waals surface area contributed by atoms with Gasteiger partial charge in [0.1, 0.15) is 5.75 Å². The van der Waals surface area contributed by atoms with E-state index in [0.29, 0.717) is 30.8 Å². The van der Waals surface area contributed by atoms with Gasteiger partial charge in [-0.05, 0) is 37.7 Å². The Kier molecular flexibility index (Phi) is 9.83. The summed E-state index contributed by atoms with van der Waals surface area (Å²) in [5.41, 5.74) is 0.969. The molecule has 2 N–H and O–H groups in total. The van der Waals surface area contributed by atoms with Crippen LogP contribution >= 0.6 is 23.1 Å². The average molecular weight is 494 g/mol. The summed E-state index contributed by atoms with van der Waals surface area (Å²) in [4.78, 5) is 30.0. The molecule has 1 heterocycles. The topological polar surface area (TPSA) is 101 Å². The molecule has 1 aromatic heterocycles. The predicted octanol–water partition coefficient (Wildman–Crippen LogP) is 4.96. The highest BCUT2D eigenvalue weighted by atomic mass is 32.2. The first-order valence-electron chi connectivity index (χ1n) is 11.0. The number of anilines is 1. The number of nitrogens with one attached hydrogen (secondary N) is 1. The number of methoxy groups -OCH3 is 1. The van der Waals surface area contributed by atoms with Crippen molar-refractivity contribution in [3.63, 3.8) is 0 Å². The van der Waals surface area contributed by atoms with Gasteiger partial charge >= 0.3 is 12.0 Å². The number of aromatic nitrogens is 1. The molecule has 8 nitrogen and oxygen atoms in total. The minimum atomic E-state index is -0.884. The number of carboxylic acids is 1. The Balaban J connectivity index is 1.57. The third kappa shape index (κ3) is 7.90. The maximum absolute atomic E-state index is 13.1. The molecule has 0 bridgehead atoms. The number of carboxylic acid groups (broad SMARTS) is 1. The number of hydrogen-bond donors (Lipinski definition) is 2. The summed E-state index contributed by atoms with van der Waals surface area (Å²) >= 11 is 2.47. The molecule has 33 heavy (non-hydrogen) atoms. The summed E-state index contributed by atoms with van der Waals surface area (Å²) in [6.45, 7) is 3.56. The Bertz CT molecular complexity index is 915. The van der Waals surface area contributed by atoms with E-state index in [0.717, 1.165) is 41.2 Å². The first-order valence-corrected chi connectivity index (χ1v) is 12.8. The Morgan fingerprint density at radius 1 is 1.27 bits per heavy atom. The molecular formula is C23H31N3O5S2. The smallest absolute Gasteiger partial charge is 0.323 e. The zero-order valence-corrected chi connectivity index (χ0v) is 20.6. The number of nitrogens with zero attached hydrogens (tertiary/aromatic N) is 2. The summed E-state index contributed by atoms with van der Waals surface area (Å²) in [5, 5.41) is 12.2. The number of amides is 2. The fourth-order valence-electron chi connectivity index (χ4n) is 3.85. The van der Waals surface area contributed by atoms with E-state index in [1.165, 1.54) is 23.1 Å². The second-order valence-electron chi connectivity index (χ2n) is 8.07. The predicted molar refractivity (Wildman–Crippen MR) is 130 cm³/mol. The van der Waals surface area contributed by atoms with E-state index in [4.69, 9.17) is 14.6 Å². The van der Waals surface area contributed by atoms with Crippen molar-refractivity contribution in [2.75, 3.05) is 31.3 Å². The number of thiazole rings is 1. The van der Waals surface area contributed by atoms with Crippen LogP contribution in [0.3, 0.4) is 0 Å². The molecule has 0 spiro atoms. The van der Waals surface area contributed by atoms with E-state index in [1.807, 2.05) is 29.2 Å². The summed E-state index contributed by atoms with van der Waals surface area (Å²) < 4.78 is 12.0. The van der Waals surface area contributed by atoms with Crippen LogP contribution in [-0.4, -0.2) is 59.0 Å². The summed E-state index contributed by atoms with van der Waals surface area (Å²) in [5.74, 6) is 0.546. The Morgan fingerprint density at radius 3 is 2.76 bits per heavy atom. The number of carbonyl (C=O) groups is 2. The Hall–Kier alpha value is -2.30. The molecule has 1 aliphatic carbocycles. The first-order chi connectivity index (χ1) is 16.0. The maximum Gasteiger partial charge on any atom is 0.323 e. The monoisotopic (exact) mass is 493 g/mol. The van der Waals surface area contributed by atoms with Crippen molar-refractivity contribution >= 4 is 40.2 Å². The van der Waals surface area contributed by atoms with E-state index in [2.05, 4.69) is 17.2 Å². The van der Waals surface area contributed by atoms with Crippen LogP contribution in [0.25, 0.3) is 0 Å². The largest absolute Gasteiger partial charge is 0.496 e. The molecule has 0 saturated heterocycles. The van der Waals surface area contributed by atoms with Crippen LogP contribution in [0.15, 0.2) is 34.7 Å². The molecule has 0 aliphatic heterocycles. The molecule has 2 amide bonds. The molecule has 1 aliphatic rings. The fraction of sp³-hybridized carbons (Fsp3) is 0.522. The van der Waals surface area contributed by atoms with Crippen LogP contribution in [0.1, 0.15) is 38.2 Å². The lowest BCUT2D eigenvalue weighted by Gasteiger charge is -2.36. The standard InChI is InChI=1S/C23H31N3O5S2/c1-16-7-9-18(10-8-16)26(11-12-31-14-17-5-3-4-6-19(17)30-2)23(29)25-22-24-13-21(33-22)32-15-20(27)28/h3-6,13,16,18H,7-12,14-15H2,1-2H3,(H,27,28)(H,24,25,29)/t16-,18-. The summed E-state index contributed by atoms with van der Waals surface area (Å²) in [6, 6.07) is 7.70. The molecule has 10 heteroatoms. The average Bonchev–Trinajstić information content (AvgIpc) is 3.26. The van der Waals surface area contributed by atoms with Gasteiger partial charge in [-0.15, -0.1) is 11.8 Å². The third-order valence-corrected chi connectivity index (χ3v) is 7.74. The van der Waals surface area contributed by atoms with E-state index < -0.39 is 5.97 Å². The number of para-hydroxylation sites is 1. The van der Waals surface area contributed by atoms with Crippen LogP contribution in [0.5, 0.6) is 5.75 Å². The number of carbonyl (C=O) groups excluding carboxylic acids is 1. The number of thioether (sulfide) groups is 1. The fourth-order valence-corrected chi connectivity index (χ4v) is 5.43. The van der Waals surface area contributed by atoms with Crippen LogP contribution in [-0.2, 0) is 16.1 Å². The maximum atomic E-state index is 13.1. The number of rotatable bonds is 11.